The zero-order valence-electron chi connectivity index (χ0n) is 6.31. The molecule has 0 aliphatic rings. The molecule has 0 bridgehead atoms. The predicted octanol–water partition coefficient (Wildman–Crippen LogP) is 0.661. The van der Waals surface area contributed by atoms with Gasteiger partial charge in [-0.2, -0.15) is 0 Å². The third-order valence-electron chi connectivity index (χ3n) is 1.75. The van der Waals surface area contributed by atoms with E-state index < -0.39 is 5.60 Å². The summed E-state index contributed by atoms with van der Waals surface area (Å²) < 4.78 is 0. The first-order valence-corrected chi connectivity index (χ1v) is 3.03. The lowest BCUT2D eigenvalue weighted by Gasteiger charge is -2.27. The maximum absolute atomic E-state index is 9.44. The molecule has 3 N–H and O–H groups in total. The standard InChI is InChI=1S/C7H15NO/c1-5(2)7(4,9)6(3)8/h6,9H,1,8H2,2-4H3. The van der Waals surface area contributed by atoms with E-state index in [0.29, 0.717) is 5.57 Å². The van der Waals surface area contributed by atoms with E-state index in [1.54, 1.807) is 20.8 Å². The fourth-order valence-electron chi connectivity index (χ4n) is 0.389. The number of hydrogen-bond donors (Lipinski definition) is 2. The molecule has 2 atom stereocenters. The summed E-state index contributed by atoms with van der Waals surface area (Å²) in [4.78, 5) is 0. The van der Waals surface area contributed by atoms with Crippen molar-refractivity contribution in [2.45, 2.75) is 32.4 Å². The van der Waals surface area contributed by atoms with Gasteiger partial charge in [-0.3, -0.25) is 0 Å². The van der Waals surface area contributed by atoms with Gasteiger partial charge in [0.05, 0.1) is 5.60 Å². The Morgan fingerprint density at radius 1 is 1.78 bits per heavy atom. The van der Waals surface area contributed by atoms with Gasteiger partial charge in [-0.25, -0.2) is 0 Å². The molecule has 0 spiro atoms. The first kappa shape index (κ1) is 8.66. The molecule has 2 unspecified atom stereocenters. The van der Waals surface area contributed by atoms with Crippen molar-refractivity contribution < 1.29 is 5.11 Å². The molecule has 0 aromatic heterocycles. The Kier molecular flexibility index (Phi) is 2.40. The number of hydrogen-bond acceptors (Lipinski definition) is 2. The van der Waals surface area contributed by atoms with Crippen LogP contribution < -0.4 is 5.73 Å². The van der Waals surface area contributed by atoms with Crippen LogP contribution in [0, 0.1) is 0 Å². The van der Waals surface area contributed by atoms with Crippen LogP contribution in [0.3, 0.4) is 0 Å². The van der Waals surface area contributed by atoms with E-state index in [4.69, 9.17) is 5.73 Å². The van der Waals surface area contributed by atoms with Crippen LogP contribution in [-0.4, -0.2) is 16.7 Å². The minimum Gasteiger partial charge on any atom is -0.384 e. The molecule has 0 radical (unpaired) electrons. The number of aliphatic hydroxyl groups is 1. The van der Waals surface area contributed by atoms with Gasteiger partial charge in [0, 0.05) is 6.04 Å². The molecule has 0 saturated heterocycles. The van der Waals surface area contributed by atoms with E-state index in [2.05, 4.69) is 6.58 Å². The number of nitrogens with two attached hydrogens (primary N) is 1. The summed E-state index contributed by atoms with van der Waals surface area (Å²) >= 11 is 0. The molecule has 54 valence electrons. The molecule has 0 aromatic rings. The van der Waals surface area contributed by atoms with Crippen molar-refractivity contribution in [3.8, 4) is 0 Å². The van der Waals surface area contributed by atoms with Gasteiger partial charge in [0.25, 0.3) is 0 Å². The van der Waals surface area contributed by atoms with Gasteiger partial charge in [0.15, 0.2) is 0 Å². The quantitative estimate of drug-likeness (QED) is 0.538. The van der Waals surface area contributed by atoms with Gasteiger partial charge in [-0.1, -0.05) is 6.58 Å². The Morgan fingerprint density at radius 2 is 2.11 bits per heavy atom. The molecule has 0 aromatic carbocycles. The maximum atomic E-state index is 9.44. The van der Waals surface area contributed by atoms with Crippen molar-refractivity contribution in [2.75, 3.05) is 0 Å². The van der Waals surface area contributed by atoms with E-state index >= 15 is 0 Å². The largest absolute Gasteiger partial charge is 0.384 e. The first-order valence-electron chi connectivity index (χ1n) is 3.03. The van der Waals surface area contributed by atoms with Crippen molar-refractivity contribution in [3.63, 3.8) is 0 Å². The molecular weight excluding hydrogens is 114 g/mol. The van der Waals surface area contributed by atoms with Crippen molar-refractivity contribution in [1.82, 2.24) is 0 Å². The summed E-state index contributed by atoms with van der Waals surface area (Å²) in [5.41, 5.74) is 5.25. The van der Waals surface area contributed by atoms with Crippen molar-refractivity contribution in [2.24, 2.45) is 5.73 Å². The minimum absolute atomic E-state index is 0.255. The molecule has 2 nitrogen and oxygen atoms in total. The van der Waals surface area contributed by atoms with Gasteiger partial charge in [-0.15, -0.1) is 0 Å². The first-order chi connectivity index (χ1) is 3.89. The van der Waals surface area contributed by atoms with Gasteiger partial charge in [0.1, 0.15) is 0 Å². The van der Waals surface area contributed by atoms with Crippen LogP contribution in [-0.2, 0) is 0 Å². The van der Waals surface area contributed by atoms with E-state index in [1.165, 1.54) is 0 Å². The molecule has 2 heteroatoms. The second-order valence-electron chi connectivity index (χ2n) is 2.72. The van der Waals surface area contributed by atoms with Crippen molar-refractivity contribution in [3.05, 3.63) is 12.2 Å². The van der Waals surface area contributed by atoms with Gasteiger partial charge in [0.2, 0.25) is 0 Å². The van der Waals surface area contributed by atoms with Crippen molar-refractivity contribution in [1.29, 1.82) is 0 Å². The second-order valence-corrected chi connectivity index (χ2v) is 2.72. The van der Waals surface area contributed by atoms with Crippen LogP contribution in [0.1, 0.15) is 20.8 Å². The molecule has 0 rings (SSSR count). The van der Waals surface area contributed by atoms with Crippen molar-refractivity contribution >= 4 is 0 Å². The van der Waals surface area contributed by atoms with Crippen LogP contribution in [0.2, 0.25) is 0 Å². The highest BCUT2D eigenvalue weighted by atomic mass is 16.3. The minimum atomic E-state index is -0.917. The van der Waals surface area contributed by atoms with Gasteiger partial charge >= 0.3 is 0 Å². The smallest absolute Gasteiger partial charge is 0.0970 e. The molecule has 9 heavy (non-hydrogen) atoms. The molecular formula is C7H15NO. The number of rotatable bonds is 2. The highest BCUT2D eigenvalue weighted by Crippen LogP contribution is 2.16. The summed E-state index contributed by atoms with van der Waals surface area (Å²) in [6.07, 6.45) is 0. The summed E-state index contributed by atoms with van der Waals surface area (Å²) in [5.74, 6) is 0. The molecule has 0 fully saturated rings. The van der Waals surface area contributed by atoms with Crippen LogP contribution in [0.15, 0.2) is 12.2 Å². The lowest BCUT2D eigenvalue weighted by Crippen LogP contribution is -2.43. The molecule has 0 heterocycles. The Hall–Kier alpha value is -0.340. The zero-order chi connectivity index (χ0) is 7.65. The average Bonchev–Trinajstić information content (AvgIpc) is 1.65. The third-order valence-corrected chi connectivity index (χ3v) is 1.75. The zero-order valence-corrected chi connectivity index (χ0v) is 6.31. The SMILES string of the molecule is C=C(C)C(C)(O)C(C)N. The Labute approximate surface area is 56.4 Å². The second kappa shape index (κ2) is 2.50. The maximum Gasteiger partial charge on any atom is 0.0970 e. The van der Waals surface area contributed by atoms with Gasteiger partial charge in [-0.05, 0) is 26.3 Å². The normalized spacial score (nSPS) is 20.6. The average molecular weight is 129 g/mol. The summed E-state index contributed by atoms with van der Waals surface area (Å²) in [6.45, 7) is 8.81. The molecule has 0 aliphatic heterocycles. The fourth-order valence-corrected chi connectivity index (χ4v) is 0.389. The summed E-state index contributed by atoms with van der Waals surface area (Å²) in [6, 6.07) is -0.255. The van der Waals surface area contributed by atoms with E-state index in [-0.39, 0.29) is 6.04 Å². The van der Waals surface area contributed by atoms with Crippen LogP contribution >= 0.6 is 0 Å². The van der Waals surface area contributed by atoms with Gasteiger partial charge < -0.3 is 10.8 Å². The highest BCUT2D eigenvalue weighted by Gasteiger charge is 2.25. The lowest BCUT2D eigenvalue weighted by atomic mass is 9.92. The van der Waals surface area contributed by atoms with E-state index in [1.807, 2.05) is 0 Å². The fraction of sp³-hybridized carbons (Fsp3) is 0.714. The van der Waals surface area contributed by atoms with Crippen LogP contribution in [0.25, 0.3) is 0 Å². The Balaban J connectivity index is 4.19. The van der Waals surface area contributed by atoms with Crippen LogP contribution in [0.4, 0.5) is 0 Å². The van der Waals surface area contributed by atoms with Crippen LogP contribution in [0.5, 0.6) is 0 Å². The summed E-state index contributed by atoms with van der Waals surface area (Å²) in [5, 5.41) is 9.44. The Morgan fingerprint density at radius 3 is 2.11 bits per heavy atom. The molecule has 0 amide bonds. The monoisotopic (exact) mass is 129 g/mol. The molecule has 0 aliphatic carbocycles. The highest BCUT2D eigenvalue weighted by molar-refractivity contribution is 5.10. The topological polar surface area (TPSA) is 46.2 Å². The van der Waals surface area contributed by atoms with E-state index in [9.17, 15) is 5.11 Å². The Bertz CT molecular complexity index is 116. The predicted molar refractivity (Wildman–Crippen MR) is 39.1 cm³/mol. The molecule has 0 saturated carbocycles. The third kappa shape index (κ3) is 1.80. The van der Waals surface area contributed by atoms with E-state index in [0.717, 1.165) is 0 Å². The lowest BCUT2D eigenvalue weighted by molar-refractivity contribution is 0.0765. The summed E-state index contributed by atoms with van der Waals surface area (Å²) in [7, 11) is 0.